The van der Waals surface area contributed by atoms with Crippen molar-refractivity contribution in [2.45, 2.75) is 27.2 Å². The number of nitrogens with one attached hydrogen (secondary N) is 1. The fourth-order valence-electron chi connectivity index (χ4n) is 1.36. The molecule has 0 bridgehead atoms. The van der Waals surface area contributed by atoms with Gasteiger partial charge in [-0.2, -0.15) is 0 Å². The smallest absolute Gasteiger partial charge is 0.000805 e. The normalized spacial score (nSPS) is 21.7. The Morgan fingerprint density at radius 2 is 1.89 bits per heavy atom. The fourth-order valence-corrected chi connectivity index (χ4v) is 1.36. The van der Waals surface area contributed by atoms with Gasteiger partial charge in [-0.25, -0.2) is 0 Å². The van der Waals surface area contributed by atoms with Crippen LogP contribution in [0.15, 0.2) is 0 Å². The molecule has 1 nitrogen and oxygen atoms in total. The zero-order valence-electron chi connectivity index (χ0n) is 6.70. The van der Waals surface area contributed by atoms with Gasteiger partial charge in [-0.15, -0.1) is 0 Å². The third-order valence-electron chi connectivity index (χ3n) is 1.77. The van der Waals surface area contributed by atoms with Crippen molar-refractivity contribution in [2.24, 2.45) is 11.3 Å². The summed E-state index contributed by atoms with van der Waals surface area (Å²) < 4.78 is 0. The van der Waals surface area contributed by atoms with Gasteiger partial charge in [-0.1, -0.05) is 20.8 Å². The van der Waals surface area contributed by atoms with Crippen molar-refractivity contribution in [3.05, 3.63) is 0 Å². The van der Waals surface area contributed by atoms with Crippen molar-refractivity contribution in [2.75, 3.05) is 13.1 Å². The van der Waals surface area contributed by atoms with Crippen molar-refractivity contribution < 1.29 is 0 Å². The van der Waals surface area contributed by atoms with Gasteiger partial charge in [0.05, 0.1) is 0 Å². The molecule has 1 heterocycles. The van der Waals surface area contributed by atoms with Crippen LogP contribution in [0.3, 0.4) is 0 Å². The zero-order chi connectivity index (χ0) is 6.91. The lowest BCUT2D eigenvalue weighted by atomic mass is 9.82. The Hall–Kier alpha value is -0.0400. The summed E-state index contributed by atoms with van der Waals surface area (Å²) in [6.07, 6.45) is 1.38. The Morgan fingerprint density at radius 1 is 1.33 bits per heavy atom. The van der Waals surface area contributed by atoms with E-state index < -0.39 is 0 Å². The highest BCUT2D eigenvalue weighted by Gasteiger charge is 2.22. The Kier molecular flexibility index (Phi) is 1.80. The molecule has 1 aliphatic heterocycles. The van der Waals surface area contributed by atoms with Gasteiger partial charge < -0.3 is 5.32 Å². The van der Waals surface area contributed by atoms with E-state index in [4.69, 9.17) is 0 Å². The molecule has 0 aliphatic carbocycles. The monoisotopic (exact) mass is 127 g/mol. The first kappa shape index (κ1) is 7.07. The molecule has 0 aromatic heterocycles. The summed E-state index contributed by atoms with van der Waals surface area (Å²) in [5.74, 6) is 0.963. The van der Waals surface area contributed by atoms with Gasteiger partial charge in [0.15, 0.2) is 0 Å². The predicted octanol–water partition coefficient (Wildman–Crippen LogP) is 1.64. The van der Waals surface area contributed by atoms with Crippen molar-refractivity contribution in [1.29, 1.82) is 0 Å². The molecule has 1 fully saturated rings. The Balaban J connectivity index is 2.16. The summed E-state index contributed by atoms with van der Waals surface area (Å²) in [6, 6.07) is 0. The van der Waals surface area contributed by atoms with Crippen molar-refractivity contribution in [3.8, 4) is 0 Å². The lowest BCUT2D eigenvalue weighted by molar-refractivity contribution is 0.229. The molecule has 1 N–H and O–H groups in total. The van der Waals surface area contributed by atoms with E-state index in [1.807, 2.05) is 0 Å². The lowest BCUT2D eigenvalue weighted by Crippen LogP contribution is -2.43. The minimum atomic E-state index is 0.534. The molecule has 1 saturated heterocycles. The second-order valence-corrected chi connectivity index (χ2v) is 4.29. The van der Waals surface area contributed by atoms with Crippen LogP contribution in [-0.4, -0.2) is 13.1 Å². The molecule has 1 rings (SSSR count). The minimum absolute atomic E-state index is 0.534. The van der Waals surface area contributed by atoms with Crippen molar-refractivity contribution >= 4 is 0 Å². The topological polar surface area (TPSA) is 12.0 Å². The van der Waals surface area contributed by atoms with E-state index in [1.165, 1.54) is 19.5 Å². The predicted molar refractivity (Wildman–Crippen MR) is 40.4 cm³/mol. The minimum Gasteiger partial charge on any atom is -0.316 e. The molecule has 0 aromatic rings. The maximum absolute atomic E-state index is 3.28. The number of rotatable bonds is 1. The van der Waals surface area contributed by atoms with Crippen LogP contribution in [0.4, 0.5) is 0 Å². The third kappa shape index (κ3) is 2.35. The SMILES string of the molecule is CC(C)(C)CC1CNC1. The number of hydrogen-bond donors (Lipinski definition) is 1. The molecular weight excluding hydrogens is 110 g/mol. The molecule has 0 unspecified atom stereocenters. The van der Waals surface area contributed by atoms with Gasteiger partial charge >= 0.3 is 0 Å². The summed E-state index contributed by atoms with van der Waals surface area (Å²) in [7, 11) is 0. The highest BCUT2D eigenvalue weighted by Crippen LogP contribution is 2.25. The van der Waals surface area contributed by atoms with Gasteiger partial charge in [-0.05, 0) is 30.8 Å². The van der Waals surface area contributed by atoms with E-state index in [0.29, 0.717) is 5.41 Å². The maximum Gasteiger partial charge on any atom is -0.000805 e. The van der Waals surface area contributed by atoms with Gasteiger partial charge in [0.1, 0.15) is 0 Å². The van der Waals surface area contributed by atoms with Crippen LogP contribution in [0.5, 0.6) is 0 Å². The summed E-state index contributed by atoms with van der Waals surface area (Å²) >= 11 is 0. The average Bonchev–Trinajstić information content (AvgIpc) is 1.53. The molecule has 0 amide bonds. The third-order valence-corrected chi connectivity index (χ3v) is 1.77. The summed E-state index contributed by atoms with van der Waals surface area (Å²) in [6.45, 7) is 9.43. The van der Waals surface area contributed by atoms with Crippen LogP contribution in [0.2, 0.25) is 0 Å². The largest absolute Gasteiger partial charge is 0.316 e. The Labute approximate surface area is 57.8 Å². The lowest BCUT2D eigenvalue weighted by Gasteiger charge is -2.32. The zero-order valence-corrected chi connectivity index (χ0v) is 6.70. The molecular formula is C8H17N. The van der Waals surface area contributed by atoms with E-state index in [2.05, 4.69) is 26.1 Å². The highest BCUT2D eigenvalue weighted by molar-refractivity contribution is 4.79. The van der Waals surface area contributed by atoms with Crippen LogP contribution < -0.4 is 5.32 Å². The van der Waals surface area contributed by atoms with Crippen LogP contribution in [0.25, 0.3) is 0 Å². The molecule has 0 saturated carbocycles. The maximum atomic E-state index is 3.28. The second-order valence-electron chi connectivity index (χ2n) is 4.29. The molecule has 1 aliphatic rings. The van der Waals surface area contributed by atoms with Crippen LogP contribution in [0.1, 0.15) is 27.2 Å². The van der Waals surface area contributed by atoms with Gasteiger partial charge in [0.2, 0.25) is 0 Å². The molecule has 0 aromatic carbocycles. The Bertz CT molecular complexity index is 87.2. The standard InChI is InChI=1S/C8H17N/c1-8(2,3)4-7-5-9-6-7/h7,9H,4-6H2,1-3H3. The van der Waals surface area contributed by atoms with Crippen LogP contribution in [0, 0.1) is 11.3 Å². The average molecular weight is 127 g/mol. The Morgan fingerprint density at radius 3 is 2.00 bits per heavy atom. The van der Waals surface area contributed by atoms with E-state index in [-0.39, 0.29) is 0 Å². The van der Waals surface area contributed by atoms with E-state index >= 15 is 0 Å². The second kappa shape index (κ2) is 2.30. The molecule has 0 atom stereocenters. The summed E-state index contributed by atoms with van der Waals surface area (Å²) in [5.41, 5.74) is 0.534. The highest BCUT2D eigenvalue weighted by atomic mass is 14.9. The summed E-state index contributed by atoms with van der Waals surface area (Å²) in [5, 5.41) is 3.28. The van der Waals surface area contributed by atoms with Crippen LogP contribution >= 0.6 is 0 Å². The number of hydrogen-bond acceptors (Lipinski definition) is 1. The molecule has 54 valence electrons. The molecule has 1 heteroatoms. The van der Waals surface area contributed by atoms with E-state index in [1.54, 1.807) is 0 Å². The molecule has 9 heavy (non-hydrogen) atoms. The summed E-state index contributed by atoms with van der Waals surface area (Å²) in [4.78, 5) is 0. The van der Waals surface area contributed by atoms with E-state index in [0.717, 1.165) is 5.92 Å². The first-order chi connectivity index (χ1) is 4.08. The fraction of sp³-hybridized carbons (Fsp3) is 1.00. The van der Waals surface area contributed by atoms with E-state index in [9.17, 15) is 0 Å². The molecule has 0 radical (unpaired) electrons. The van der Waals surface area contributed by atoms with Crippen molar-refractivity contribution in [3.63, 3.8) is 0 Å². The van der Waals surface area contributed by atoms with Gasteiger partial charge in [-0.3, -0.25) is 0 Å². The first-order valence-electron chi connectivity index (χ1n) is 3.79. The quantitative estimate of drug-likeness (QED) is 0.564. The van der Waals surface area contributed by atoms with Crippen LogP contribution in [-0.2, 0) is 0 Å². The molecule has 0 spiro atoms. The van der Waals surface area contributed by atoms with Gasteiger partial charge in [0, 0.05) is 0 Å². The van der Waals surface area contributed by atoms with Crippen molar-refractivity contribution in [1.82, 2.24) is 5.32 Å². The first-order valence-corrected chi connectivity index (χ1v) is 3.79. The van der Waals surface area contributed by atoms with Gasteiger partial charge in [0.25, 0.3) is 0 Å².